The van der Waals surface area contributed by atoms with Gasteiger partial charge in [-0.3, -0.25) is 9.78 Å². The van der Waals surface area contributed by atoms with Gasteiger partial charge in [0.25, 0.3) is 5.91 Å². The molecular formula is C27H23N5O. The van der Waals surface area contributed by atoms with Crippen LogP contribution in [0.4, 0.5) is 0 Å². The molecule has 0 saturated heterocycles. The number of amides is 1. The molecule has 162 valence electrons. The topological polar surface area (TPSA) is 63.9 Å². The molecule has 6 heteroatoms. The smallest absolute Gasteiger partial charge is 0.276 e. The monoisotopic (exact) mass is 433 g/mol. The third-order valence-corrected chi connectivity index (χ3v) is 5.70. The number of pyridine rings is 1. The molecule has 0 aliphatic heterocycles. The number of aromatic nitrogens is 4. The Morgan fingerprint density at radius 3 is 2.18 bits per heavy atom. The van der Waals surface area contributed by atoms with E-state index in [1.165, 1.54) is 0 Å². The van der Waals surface area contributed by atoms with Crippen LogP contribution in [0.2, 0.25) is 0 Å². The Balaban J connectivity index is 1.51. The Morgan fingerprint density at radius 1 is 0.848 bits per heavy atom. The second kappa shape index (κ2) is 9.04. The molecule has 33 heavy (non-hydrogen) atoms. The molecule has 2 aromatic heterocycles. The fraction of sp³-hybridized carbons (Fsp3) is 0.111. The molecule has 0 spiro atoms. The maximum atomic E-state index is 13.7. The fourth-order valence-electron chi connectivity index (χ4n) is 4.00. The predicted molar refractivity (Wildman–Crippen MR) is 128 cm³/mol. The van der Waals surface area contributed by atoms with Crippen LogP contribution >= 0.6 is 0 Å². The minimum Gasteiger partial charge on any atom is -0.329 e. The van der Waals surface area contributed by atoms with Gasteiger partial charge in [-0.1, -0.05) is 78.0 Å². The molecule has 0 fully saturated rings. The van der Waals surface area contributed by atoms with Crippen molar-refractivity contribution in [3.05, 3.63) is 120 Å². The highest BCUT2D eigenvalue weighted by Crippen LogP contribution is 2.23. The highest BCUT2D eigenvalue weighted by molar-refractivity contribution is 5.94. The van der Waals surface area contributed by atoms with Crippen LogP contribution in [-0.4, -0.2) is 30.8 Å². The van der Waals surface area contributed by atoms with Gasteiger partial charge in [0, 0.05) is 36.3 Å². The fourth-order valence-corrected chi connectivity index (χ4v) is 4.00. The van der Waals surface area contributed by atoms with Crippen molar-refractivity contribution in [3.8, 4) is 5.69 Å². The second-order valence-electron chi connectivity index (χ2n) is 7.94. The molecule has 0 atom stereocenters. The summed E-state index contributed by atoms with van der Waals surface area (Å²) in [6, 6.07) is 27.9. The summed E-state index contributed by atoms with van der Waals surface area (Å²) in [6.45, 7) is 2.86. The first-order chi connectivity index (χ1) is 16.2. The molecule has 3 aromatic carbocycles. The second-order valence-corrected chi connectivity index (χ2v) is 7.94. The van der Waals surface area contributed by atoms with Crippen LogP contribution in [0.3, 0.4) is 0 Å². The van der Waals surface area contributed by atoms with E-state index in [4.69, 9.17) is 0 Å². The van der Waals surface area contributed by atoms with E-state index < -0.39 is 0 Å². The molecule has 0 bridgehead atoms. The normalized spacial score (nSPS) is 10.9. The largest absolute Gasteiger partial charge is 0.329 e. The van der Waals surface area contributed by atoms with E-state index in [-0.39, 0.29) is 5.91 Å². The summed E-state index contributed by atoms with van der Waals surface area (Å²) in [4.78, 5) is 19.7. The third kappa shape index (κ3) is 4.23. The third-order valence-electron chi connectivity index (χ3n) is 5.70. The van der Waals surface area contributed by atoms with Crippen molar-refractivity contribution in [1.29, 1.82) is 0 Å². The van der Waals surface area contributed by atoms with Gasteiger partial charge in [-0.05, 0) is 30.2 Å². The van der Waals surface area contributed by atoms with E-state index in [0.717, 1.165) is 27.6 Å². The molecule has 0 radical (unpaired) electrons. The van der Waals surface area contributed by atoms with Gasteiger partial charge >= 0.3 is 0 Å². The Hall–Kier alpha value is -4.32. The highest BCUT2D eigenvalue weighted by atomic mass is 16.2. The van der Waals surface area contributed by atoms with Gasteiger partial charge in [-0.15, -0.1) is 5.10 Å². The van der Waals surface area contributed by atoms with E-state index in [0.29, 0.717) is 24.5 Å². The molecule has 1 amide bonds. The minimum absolute atomic E-state index is 0.145. The molecule has 0 unspecified atom stereocenters. The van der Waals surface area contributed by atoms with E-state index in [2.05, 4.69) is 15.3 Å². The zero-order valence-electron chi connectivity index (χ0n) is 18.3. The molecule has 5 rings (SSSR count). The predicted octanol–water partition coefficient (Wildman–Crippen LogP) is 4.97. The van der Waals surface area contributed by atoms with Crippen LogP contribution in [0.25, 0.3) is 16.5 Å². The zero-order chi connectivity index (χ0) is 22.6. The first kappa shape index (κ1) is 20.6. The molecule has 6 nitrogen and oxygen atoms in total. The van der Waals surface area contributed by atoms with Crippen LogP contribution in [0.5, 0.6) is 0 Å². The van der Waals surface area contributed by atoms with Gasteiger partial charge in [-0.2, -0.15) is 0 Å². The van der Waals surface area contributed by atoms with Crippen LogP contribution in [0.1, 0.15) is 27.3 Å². The summed E-state index contributed by atoms with van der Waals surface area (Å²) >= 11 is 0. The molecule has 5 aromatic rings. The SMILES string of the molecule is Cc1c(C(=O)N(Cc2ccccc2)Cc2ccccc2)nnn1-c1cccc2cnccc12. The maximum absolute atomic E-state index is 13.7. The van der Waals surface area contributed by atoms with E-state index in [9.17, 15) is 4.79 Å². The van der Waals surface area contributed by atoms with Gasteiger partial charge in [0.2, 0.25) is 0 Å². The Morgan fingerprint density at radius 2 is 1.52 bits per heavy atom. The maximum Gasteiger partial charge on any atom is 0.276 e. The van der Waals surface area contributed by atoms with E-state index in [1.54, 1.807) is 10.9 Å². The average Bonchev–Trinajstić information content (AvgIpc) is 3.25. The number of hydrogen-bond acceptors (Lipinski definition) is 4. The van der Waals surface area contributed by atoms with E-state index >= 15 is 0 Å². The van der Waals surface area contributed by atoms with Crippen molar-refractivity contribution in [2.75, 3.05) is 0 Å². The van der Waals surface area contributed by atoms with Crippen molar-refractivity contribution < 1.29 is 4.79 Å². The first-order valence-electron chi connectivity index (χ1n) is 10.8. The van der Waals surface area contributed by atoms with Crippen molar-refractivity contribution in [2.24, 2.45) is 0 Å². The summed E-state index contributed by atoms with van der Waals surface area (Å²) in [6.07, 6.45) is 3.57. The summed E-state index contributed by atoms with van der Waals surface area (Å²) in [5.74, 6) is -0.145. The highest BCUT2D eigenvalue weighted by Gasteiger charge is 2.24. The minimum atomic E-state index is -0.145. The van der Waals surface area contributed by atoms with Gasteiger partial charge in [0.1, 0.15) is 0 Å². The Bertz CT molecular complexity index is 1350. The van der Waals surface area contributed by atoms with Crippen LogP contribution < -0.4 is 0 Å². The average molecular weight is 434 g/mol. The van der Waals surface area contributed by atoms with Crippen LogP contribution in [-0.2, 0) is 13.1 Å². The lowest BCUT2D eigenvalue weighted by molar-refractivity contribution is 0.0723. The van der Waals surface area contributed by atoms with Gasteiger partial charge in [0.05, 0.1) is 11.4 Å². The summed E-state index contributed by atoms with van der Waals surface area (Å²) in [5.41, 5.74) is 4.06. The molecular weight excluding hydrogens is 410 g/mol. The molecule has 0 N–H and O–H groups in total. The zero-order valence-corrected chi connectivity index (χ0v) is 18.3. The molecule has 0 aliphatic rings. The molecule has 2 heterocycles. The van der Waals surface area contributed by atoms with Gasteiger partial charge in [-0.25, -0.2) is 4.68 Å². The lowest BCUT2D eigenvalue weighted by Crippen LogP contribution is -2.31. The Kier molecular flexibility index (Phi) is 5.64. The number of carbonyl (C=O) groups is 1. The van der Waals surface area contributed by atoms with Crippen molar-refractivity contribution in [1.82, 2.24) is 24.9 Å². The lowest BCUT2D eigenvalue weighted by atomic mass is 10.1. The quantitative estimate of drug-likeness (QED) is 0.379. The lowest BCUT2D eigenvalue weighted by Gasteiger charge is -2.22. The van der Waals surface area contributed by atoms with Crippen molar-refractivity contribution in [2.45, 2.75) is 20.0 Å². The number of rotatable bonds is 6. The number of fused-ring (bicyclic) bond motifs is 1. The summed E-state index contributed by atoms with van der Waals surface area (Å²) in [7, 11) is 0. The standard InChI is InChI=1S/C27H23N5O/c1-20-26(29-30-32(20)25-14-8-13-23-17-28-16-15-24(23)25)27(33)31(18-21-9-4-2-5-10-21)19-22-11-6-3-7-12-22/h2-17H,18-19H2,1H3. The number of nitrogens with zero attached hydrogens (tertiary/aromatic N) is 5. The Labute approximate surface area is 192 Å². The van der Waals surface area contributed by atoms with Crippen LogP contribution in [0.15, 0.2) is 97.3 Å². The van der Waals surface area contributed by atoms with E-state index in [1.807, 2.05) is 103 Å². The summed E-state index contributed by atoms with van der Waals surface area (Å²) < 4.78 is 1.73. The molecule has 0 aliphatic carbocycles. The van der Waals surface area contributed by atoms with Gasteiger partial charge < -0.3 is 4.90 Å². The van der Waals surface area contributed by atoms with Gasteiger partial charge in [0.15, 0.2) is 5.69 Å². The number of hydrogen-bond donors (Lipinski definition) is 0. The summed E-state index contributed by atoms with van der Waals surface area (Å²) in [5, 5.41) is 10.7. The van der Waals surface area contributed by atoms with Crippen LogP contribution in [0, 0.1) is 6.92 Å². The first-order valence-corrected chi connectivity index (χ1v) is 10.8. The number of carbonyl (C=O) groups excluding carboxylic acids is 1. The number of benzene rings is 3. The molecule has 0 saturated carbocycles. The van der Waals surface area contributed by atoms with Crippen molar-refractivity contribution in [3.63, 3.8) is 0 Å². The van der Waals surface area contributed by atoms with Crippen molar-refractivity contribution >= 4 is 16.7 Å².